The van der Waals surface area contributed by atoms with E-state index in [4.69, 9.17) is 16.0 Å². The number of carbonyl (C=O) groups excluding carboxylic acids is 2. The average Bonchev–Trinajstić information content (AvgIpc) is 3.16. The molecule has 5 nitrogen and oxygen atoms in total. The van der Waals surface area contributed by atoms with E-state index in [-0.39, 0.29) is 30.8 Å². The van der Waals surface area contributed by atoms with E-state index in [1.807, 2.05) is 54.6 Å². The number of nitrogens with one attached hydrogen (secondary N) is 2. The Balaban J connectivity index is 1.58. The van der Waals surface area contributed by atoms with Gasteiger partial charge in [0, 0.05) is 17.5 Å². The quantitative estimate of drug-likeness (QED) is 0.618. The van der Waals surface area contributed by atoms with E-state index in [0.29, 0.717) is 16.5 Å². The van der Waals surface area contributed by atoms with Crippen LogP contribution >= 0.6 is 11.6 Å². The van der Waals surface area contributed by atoms with E-state index >= 15 is 0 Å². The lowest BCUT2D eigenvalue weighted by atomic mass is 10.0. The smallest absolute Gasteiger partial charge is 0.222 e. The zero-order valence-corrected chi connectivity index (χ0v) is 16.2. The van der Waals surface area contributed by atoms with Gasteiger partial charge in [0.1, 0.15) is 11.5 Å². The van der Waals surface area contributed by atoms with Crippen molar-refractivity contribution in [2.45, 2.75) is 25.9 Å². The summed E-state index contributed by atoms with van der Waals surface area (Å²) in [6.07, 6.45) is 0.147. The van der Waals surface area contributed by atoms with Gasteiger partial charge in [0.25, 0.3) is 0 Å². The van der Waals surface area contributed by atoms with Crippen molar-refractivity contribution in [1.82, 2.24) is 10.6 Å². The van der Waals surface area contributed by atoms with Gasteiger partial charge in [-0.3, -0.25) is 9.59 Å². The summed E-state index contributed by atoms with van der Waals surface area (Å²) in [4.78, 5) is 23.9. The Hall–Kier alpha value is -3.05. The van der Waals surface area contributed by atoms with E-state index in [1.165, 1.54) is 6.92 Å². The molecule has 0 spiro atoms. The third-order valence-electron chi connectivity index (χ3n) is 4.22. The molecule has 0 radical (unpaired) electrons. The van der Waals surface area contributed by atoms with E-state index in [0.717, 1.165) is 11.1 Å². The predicted octanol–water partition coefficient (Wildman–Crippen LogP) is 4.48. The number of rotatable bonds is 7. The second kappa shape index (κ2) is 9.24. The molecule has 2 amide bonds. The molecule has 0 saturated carbocycles. The zero-order valence-electron chi connectivity index (χ0n) is 15.4. The van der Waals surface area contributed by atoms with Gasteiger partial charge in [0.15, 0.2) is 0 Å². The molecular weight excluding hydrogens is 376 g/mol. The van der Waals surface area contributed by atoms with Crippen molar-refractivity contribution in [2.75, 3.05) is 0 Å². The van der Waals surface area contributed by atoms with Crippen molar-refractivity contribution < 1.29 is 14.0 Å². The standard InChI is InChI=1S/C22H21ClN2O3/c1-15(26)25-20(16-5-3-2-4-6-16)13-22(27)24-14-19-11-12-21(28-19)17-7-9-18(23)10-8-17/h2-12,20H,13-14H2,1H3,(H,24,27)(H,25,26)/t20-/m0/s1. The predicted molar refractivity (Wildman–Crippen MR) is 109 cm³/mol. The van der Waals surface area contributed by atoms with E-state index in [1.54, 1.807) is 12.1 Å². The molecule has 0 aliphatic heterocycles. The molecule has 0 fully saturated rings. The summed E-state index contributed by atoms with van der Waals surface area (Å²) in [7, 11) is 0. The van der Waals surface area contributed by atoms with Crippen molar-refractivity contribution in [2.24, 2.45) is 0 Å². The van der Waals surface area contributed by atoms with Gasteiger partial charge in [-0.25, -0.2) is 0 Å². The first kappa shape index (κ1) is 19.7. The average molecular weight is 397 g/mol. The summed E-state index contributed by atoms with van der Waals surface area (Å²) in [5, 5.41) is 6.32. The van der Waals surface area contributed by atoms with Gasteiger partial charge in [-0.2, -0.15) is 0 Å². The lowest BCUT2D eigenvalue weighted by molar-refractivity contribution is -0.123. The highest BCUT2D eigenvalue weighted by Crippen LogP contribution is 2.24. The molecule has 1 atom stereocenters. The molecule has 28 heavy (non-hydrogen) atoms. The Bertz CT molecular complexity index is 936. The molecule has 6 heteroatoms. The summed E-state index contributed by atoms with van der Waals surface area (Å²) < 4.78 is 5.79. The maximum atomic E-state index is 12.4. The number of furan rings is 1. The topological polar surface area (TPSA) is 71.3 Å². The van der Waals surface area contributed by atoms with Crippen LogP contribution in [0.1, 0.15) is 30.7 Å². The Labute approximate surface area is 168 Å². The number of benzene rings is 2. The lowest BCUT2D eigenvalue weighted by Crippen LogP contribution is -2.32. The Kier molecular flexibility index (Phi) is 6.50. The molecule has 1 heterocycles. The first-order valence-electron chi connectivity index (χ1n) is 8.94. The molecule has 3 rings (SSSR count). The molecule has 0 aliphatic rings. The first-order valence-corrected chi connectivity index (χ1v) is 9.32. The normalized spacial score (nSPS) is 11.6. The summed E-state index contributed by atoms with van der Waals surface area (Å²) in [6.45, 7) is 1.71. The van der Waals surface area contributed by atoms with Gasteiger partial charge >= 0.3 is 0 Å². The third-order valence-corrected chi connectivity index (χ3v) is 4.47. The van der Waals surface area contributed by atoms with Crippen molar-refractivity contribution in [1.29, 1.82) is 0 Å². The zero-order chi connectivity index (χ0) is 19.9. The van der Waals surface area contributed by atoms with Crippen LogP contribution < -0.4 is 10.6 Å². The van der Waals surface area contributed by atoms with Crippen LogP contribution in [0.5, 0.6) is 0 Å². The fraction of sp³-hybridized carbons (Fsp3) is 0.182. The Morgan fingerprint density at radius 1 is 1.00 bits per heavy atom. The van der Waals surface area contributed by atoms with Crippen LogP contribution in [0.25, 0.3) is 11.3 Å². The van der Waals surface area contributed by atoms with Crippen molar-refractivity contribution in [3.05, 3.63) is 83.1 Å². The monoisotopic (exact) mass is 396 g/mol. The fourth-order valence-corrected chi connectivity index (χ4v) is 2.99. The first-order chi connectivity index (χ1) is 13.5. The molecule has 2 aromatic carbocycles. The van der Waals surface area contributed by atoms with Gasteiger partial charge < -0.3 is 15.1 Å². The van der Waals surface area contributed by atoms with E-state index < -0.39 is 0 Å². The Morgan fingerprint density at radius 2 is 1.71 bits per heavy atom. The highest BCUT2D eigenvalue weighted by atomic mass is 35.5. The second-order valence-corrected chi connectivity index (χ2v) is 6.85. The fourth-order valence-electron chi connectivity index (χ4n) is 2.87. The minimum Gasteiger partial charge on any atom is -0.459 e. The van der Waals surface area contributed by atoms with Crippen LogP contribution in [0.4, 0.5) is 0 Å². The second-order valence-electron chi connectivity index (χ2n) is 6.42. The van der Waals surface area contributed by atoms with Crippen molar-refractivity contribution in [3.63, 3.8) is 0 Å². The van der Waals surface area contributed by atoms with Crippen LogP contribution in [0.3, 0.4) is 0 Å². The number of halogens is 1. The molecule has 1 aromatic heterocycles. The minimum absolute atomic E-state index is 0.147. The molecule has 0 bridgehead atoms. The van der Waals surface area contributed by atoms with Crippen LogP contribution in [0, 0.1) is 0 Å². The van der Waals surface area contributed by atoms with Gasteiger partial charge in [-0.05, 0) is 42.0 Å². The van der Waals surface area contributed by atoms with Crippen molar-refractivity contribution >= 4 is 23.4 Å². The van der Waals surface area contributed by atoms with Crippen LogP contribution in [-0.4, -0.2) is 11.8 Å². The molecule has 3 aromatic rings. The summed E-state index contributed by atoms with van der Waals surface area (Å²) in [5.74, 6) is 1.00. The van der Waals surface area contributed by atoms with E-state index in [9.17, 15) is 9.59 Å². The van der Waals surface area contributed by atoms with Crippen LogP contribution in [-0.2, 0) is 16.1 Å². The van der Waals surface area contributed by atoms with Gasteiger partial charge in [-0.1, -0.05) is 41.9 Å². The highest BCUT2D eigenvalue weighted by molar-refractivity contribution is 6.30. The lowest BCUT2D eigenvalue weighted by Gasteiger charge is -2.17. The summed E-state index contributed by atoms with van der Waals surface area (Å²) in [5.41, 5.74) is 1.80. The maximum absolute atomic E-state index is 12.4. The number of carbonyl (C=O) groups is 2. The molecule has 144 valence electrons. The summed E-state index contributed by atoms with van der Waals surface area (Å²) >= 11 is 5.90. The van der Waals surface area contributed by atoms with Gasteiger partial charge in [0.2, 0.25) is 11.8 Å². The molecule has 2 N–H and O–H groups in total. The maximum Gasteiger partial charge on any atom is 0.222 e. The number of amides is 2. The number of hydrogen-bond acceptors (Lipinski definition) is 3. The van der Waals surface area contributed by atoms with E-state index in [2.05, 4.69) is 10.6 Å². The van der Waals surface area contributed by atoms with Crippen molar-refractivity contribution in [3.8, 4) is 11.3 Å². The van der Waals surface area contributed by atoms with Crippen LogP contribution in [0.15, 0.2) is 71.1 Å². The third kappa shape index (κ3) is 5.47. The van der Waals surface area contributed by atoms with Gasteiger partial charge in [0.05, 0.1) is 19.0 Å². The largest absolute Gasteiger partial charge is 0.459 e. The minimum atomic E-state index is -0.375. The Morgan fingerprint density at radius 3 is 2.39 bits per heavy atom. The van der Waals surface area contributed by atoms with Crippen LogP contribution in [0.2, 0.25) is 5.02 Å². The summed E-state index contributed by atoms with van der Waals surface area (Å²) in [6, 6.07) is 20.1. The molecule has 0 saturated heterocycles. The molecule has 0 aliphatic carbocycles. The molecule has 0 unspecified atom stereocenters. The SMILES string of the molecule is CC(=O)N[C@@H](CC(=O)NCc1ccc(-c2ccc(Cl)cc2)o1)c1ccccc1. The highest BCUT2D eigenvalue weighted by Gasteiger charge is 2.17. The molecular formula is C22H21ClN2O3. The number of hydrogen-bond donors (Lipinski definition) is 2. The van der Waals surface area contributed by atoms with Gasteiger partial charge in [-0.15, -0.1) is 0 Å².